The number of hydrogen-bond acceptors (Lipinski definition) is 1. The zero-order valence-electron chi connectivity index (χ0n) is 15.0. The molecule has 0 saturated carbocycles. The Morgan fingerprint density at radius 1 is 0.870 bits per heavy atom. The van der Waals surface area contributed by atoms with Gasteiger partial charge in [-0.05, 0) is 65.5 Å². The lowest BCUT2D eigenvalue weighted by atomic mass is 9.49. The monoisotopic (exact) mass is 305 g/mol. The number of rotatable bonds is 1. The molecule has 0 N–H and O–H groups in total. The minimum absolute atomic E-state index is 0.258. The second-order valence-electron chi connectivity index (χ2n) is 8.37. The van der Waals surface area contributed by atoms with Crippen molar-refractivity contribution in [1.82, 2.24) is 0 Å². The van der Waals surface area contributed by atoms with Crippen LogP contribution >= 0.6 is 0 Å². The number of hydrogen-bond donors (Lipinski definition) is 0. The third-order valence-electron chi connectivity index (χ3n) is 6.59. The van der Waals surface area contributed by atoms with E-state index in [2.05, 4.69) is 75.9 Å². The van der Waals surface area contributed by atoms with Gasteiger partial charge in [-0.15, -0.1) is 0 Å². The molecule has 0 bridgehead atoms. The normalized spacial score (nSPS) is 20.5. The third-order valence-corrected chi connectivity index (χ3v) is 6.59. The largest absolute Gasteiger partial charge is 0.341 e. The Labute approximate surface area is 140 Å². The highest BCUT2D eigenvalue weighted by Crippen LogP contribution is 2.57. The molecule has 1 aliphatic carbocycles. The molecule has 0 radical (unpaired) electrons. The number of benzene rings is 2. The Hall–Kier alpha value is -1.76. The zero-order chi connectivity index (χ0) is 16.4. The average Bonchev–Trinajstić information content (AvgIpc) is 2.53. The predicted octanol–water partition coefficient (Wildman–Crippen LogP) is 5.65. The van der Waals surface area contributed by atoms with Gasteiger partial charge in [0.2, 0.25) is 0 Å². The molecule has 0 fully saturated rings. The quantitative estimate of drug-likeness (QED) is 0.658. The van der Waals surface area contributed by atoms with Gasteiger partial charge in [-0.2, -0.15) is 0 Å². The molecule has 2 aromatic rings. The highest BCUT2D eigenvalue weighted by molar-refractivity contribution is 5.72. The Morgan fingerprint density at radius 2 is 1.48 bits per heavy atom. The maximum absolute atomic E-state index is 2.51. The second kappa shape index (κ2) is 4.63. The minimum atomic E-state index is 0.258. The van der Waals surface area contributed by atoms with Gasteiger partial charge in [-0.1, -0.05) is 51.5 Å². The SMILES string of the molecule is Cc1ccc(N2CCCc3cc4c(cc32)C(C)(C)C4(C)C)cc1. The standard InChI is InChI=1S/C22H27N/c1-15-8-10-17(11-9-15)23-12-6-7-16-13-18-19(14-20(16)23)22(4,5)21(18,2)3/h8-11,13-14H,6-7,12H2,1-5H3. The third kappa shape index (κ3) is 1.92. The van der Waals surface area contributed by atoms with Crippen molar-refractivity contribution in [1.29, 1.82) is 0 Å². The van der Waals surface area contributed by atoms with Crippen LogP contribution in [0.2, 0.25) is 0 Å². The fraction of sp³-hybridized carbons (Fsp3) is 0.455. The van der Waals surface area contributed by atoms with Crippen LogP contribution < -0.4 is 4.90 Å². The van der Waals surface area contributed by atoms with Crippen molar-refractivity contribution in [2.24, 2.45) is 0 Å². The van der Waals surface area contributed by atoms with Crippen molar-refractivity contribution in [2.75, 3.05) is 11.4 Å². The van der Waals surface area contributed by atoms with E-state index in [1.165, 1.54) is 35.3 Å². The minimum Gasteiger partial charge on any atom is -0.341 e. The highest BCUT2D eigenvalue weighted by Gasteiger charge is 2.51. The molecule has 120 valence electrons. The van der Waals surface area contributed by atoms with Gasteiger partial charge in [-0.3, -0.25) is 0 Å². The molecule has 1 aliphatic heterocycles. The summed E-state index contributed by atoms with van der Waals surface area (Å²) in [5.74, 6) is 0. The van der Waals surface area contributed by atoms with E-state index in [4.69, 9.17) is 0 Å². The van der Waals surface area contributed by atoms with E-state index in [0.29, 0.717) is 0 Å². The van der Waals surface area contributed by atoms with Crippen molar-refractivity contribution < 1.29 is 0 Å². The lowest BCUT2D eigenvalue weighted by molar-refractivity contribution is 0.242. The zero-order valence-corrected chi connectivity index (χ0v) is 15.0. The van der Waals surface area contributed by atoms with Crippen LogP contribution in [0.4, 0.5) is 11.4 Å². The summed E-state index contributed by atoms with van der Waals surface area (Å²) in [7, 11) is 0. The van der Waals surface area contributed by atoms with Crippen molar-refractivity contribution in [2.45, 2.75) is 58.3 Å². The summed E-state index contributed by atoms with van der Waals surface area (Å²) in [6.07, 6.45) is 2.45. The van der Waals surface area contributed by atoms with E-state index in [9.17, 15) is 0 Å². The molecule has 2 aromatic carbocycles. The molecule has 23 heavy (non-hydrogen) atoms. The van der Waals surface area contributed by atoms with Crippen LogP contribution in [0.15, 0.2) is 36.4 Å². The summed E-state index contributed by atoms with van der Waals surface area (Å²) in [5, 5.41) is 0. The Kier molecular flexibility index (Phi) is 2.98. The van der Waals surface area contributed by atoms with Gasteiger partial charge < -0.3 is 4.90 Å². The van der Waals surface area contributed by atoms with Crippen LogP contribution in [0.5, 0.6) is 0 Å². The van der Waals surface area contributed by atoms with E-state index in [-0.39, 0.29) is 10.8 Å². The van der Waals surface area contributed by atoms with E-state index in [1.54, 1.807) is 11.1 Å². The van der Waals surface area contributed by atoms with Crippen LogP contribution in [-0.4, -0.2) is 6.54 Å². The molecule has 0 spiro atoms. The molecule has 1 nitrogen and oxygen atoms in total. The van der Waals surface area contributed by atoms with Crippen LogP contribution in [0.25, 0.3) is 0 Å². The lowest BCUT2D eigenvalue weighted by Crippen LogP contribution is -2.51. The van der Waals surface area contributed by atoms with Crippen LogP contribution in [0, 0.1) is 6.92 Å². The van der Waals surface area contributed by atoms with E-state index < -0.39 is 0 Å². The van der Waals surface area contributed by atoms with Crippen molar-refractivity contribution in [3.63, 3.8) is 0 Å². The molecular formula is C22H27N. The molecule has 0 unspecified atom stereocenters. The first kappa shape index (κ1) is 14.8. The van der Waals surface area contributed by atoms with Gasteiger partial charge in [-0.25, -0.2) is 0 Å². The lowest BCUT2D eigenvalue weighted by Gasteiger charge is -2.55. The molecule has 1 heterocycles. The molecule has 0 aromatic heterocycles. The Morgan fingerprint density at radius 3 is 2.13 bits per heavy atom. The first-order valence-corrected chi connectivity index (χ1v) is 8.84. The van der Waals surface area contributed by atoms with Crippen molar-refractivity contribution in [3.8, 4) is 0 Å². The first-order valence-electron chi connectivity index (χ1n) is 8.84. The average molecular weight is 305 g/mol. The molecule has 0 atom stereocenters. The second-order valence-corrected chi connectivity index (χ2v) is 8.37. The Balaban J connectivity index is 1.83. The van der Waals surface area contributed by atoms with Gasteiger partial charge in [0.05, 0.1) is 0 Å². The summed E-state index contributed by atoms with van der Waals surface area (Å²) in [4.78, 5) is 2.51. The van der Waals surface area contributed by atoms with Gasteiger partial charge >= 0.3 is 0 Å². The van der Waals surface area contributed by atoms with Gasteiger partial charge in [0, 0.05) is 17.9 Å². The fourth-order valence-electron chi connectivity index (χ4n) is 4.27. The molecule has 0 saturated heterocycles. The van der Waals surface area contributed by atoms with Crippen LogP contribution in [0.1, 0.15) is 56.4 Å². The smallest absolute Gasteiger partial charge is 0.0446 e. The van der Waals surface area contributed by atoms with Crippen LogP contribution in [-0.2, 0) is 17.3 Å². The summed E-state index contributed by atoms with van der Waals surface area (Å²) < 4.78 is 0. The summed E-state index contributed by atoms with van der Waals surface area (Å²) >= 11 is 0. The first-order chi connectivity index (χ1) is 10.8. The summed E-state index contributed by atoms with van der Waals surface area (Å²) in [6.45, 7) is 12.8. The molecular weight excluding hydrogens is 278 g/mol. The maximum atomic E-state index is 2.51. The summed E-state index contributed by atoms with van der Waals surface area (Å²) in [5.41, 5.74) is 9.25. The van der Waals surface area contributed by atoms with E-state index >= 15 is 0 Å². The van der Waals surface area contributed by atoms with Crippen molar-refractivity contribution >= 4 is 11.4 Å². The van der Waals surface area contributed by atoms with Gasteiger partial charge in [0.1, 0.15) is 0 Å². The summed E-state index contributed by atoms with van der Waals surface area (Å²) in [6, 6.07) is 13.9. The molecule has 4 rings (SSSR count). The number of anilines is 2. The van der Waals surface area contributed by atoms with E-state index in [1.807, 2.05) is 0 Å². The van der Waals surface area contributed by atoms with E-state index in [0.717, 1.165) is 6.54 Å². The maximum Gasteiger partial charge on any atom is 0.0446 e. The topological polar surface area (TPSA) is 3.24 Å². The molecule has 1 heteroatoms. The van der Waals surface area contributed by atoms with Crippen molar-refractivity contribution in [3.05, 3.63) is 58.7 Å². The predicted molar refractivity (Wildman–Crippen MR) is 99.0 cm³/mol. The fourth-order valence-corrected chi connectivity index (χ4v) is 4.27. The van der Waals surface area contributed by atoms with Crippen LogP contribution in [0.3, 0.4) is 0 Å². The number of nitrogens with zero attached hydrogens (tertiary/aromatic N) is 1. The molecule has 0 amide bonds. The number of aryl methyl sites for hydroxylation is 2. The van der Waals surface area contributed by atoms with Gasteiger partial charge in [0.25, 0.3) is 0 Å². The number of fused-ring (bicyclic) bond motifs is 2. The Bertz CT molecular complexity index is 765. The highest BCUT2D eigenvalue weighted by atomic mass is 15.1. The van der Waals surface area contributed by atoms with Gasteiger partial charge in [0.15, 0.2) is 0 Å². The molecule has 2 aliphatic rings.